The molecule has 0 aliphatic carbocycles. The lowest BCUT2D eigenvalue weighted by Gasteiger charge is -2.00. The second kappa shape index (κ2) is 3.67. The maximum Gasteiger partial charge on any atom is 0.337 e. The van der Waals surface area contributed by atoms with Crippen molar-refractivity contribution >= 4 is 43.5 Å². The van der Waals surface area contributed by atoms with Gasteiger partial charge in [-0.15, -0.1) is 11.3 Å². The molecule has 2 aromatic rings. The third-order valence-electron chi connectivity index (χ3n) is 1.81. The molecule has 14 heavy (non-hydrogen) atoms. The number of ether oxygens (including phenoxy) is 1. The number of carbonyl (C=O) groups is 1. The molecule has 0 aliphatic heterocycles. The van der Waals surface area contributed by atoms with Crippen LogP contribution in [0, 0.1) is 0 Å². The molecular weight excluding hydrogens is 266 g/mol. The van der Waals surface area contributed by atoms with Crippen molar-refractivity contribution in [2.75, 3.05) is 7.11 Å². The molecule has 0 atom stereocenters. The number of hydrogen-bond acceptors (Lipinski definition) is 4. The molecule has 0 saturated carbocycles. The number of halogens is 1. The lowest BCUT2D eigenvalue weighted by Crippen LogP contribution is -2.00. The van der Waals surface area contributed by atoms with E-state index < -0.39 is 0 Å². The molecule has 1 aromatic heterocycles. The Kier molecular flexibility index (Phi) is 2.52. The van der Waals surface area contributed by atoms with Crippen LogP contribution in [-0.4, -0.2) is 18.1 Å². The predicted octanol–water partition coefficient (Wildman–Crippen LogP) is 2.85. The molecule has 0 spiro atoms. The predicted molar refractivity (Wildman–Crippen MR) is 58.7 cm³/mol. The first-order valence-corrected chi connectivity index (χ1v) is 5.50. The highest BCUT2D eigenvalue weighted by atomic mass is 79.9. The van der Waals surface area contributed by atoms with Crippen molar-refractivity contribution in [3.8, 4) is 0 Å². The minimum atomic E-state index is -0.347. The van der Waals surface area contributed by atoms with E-state index in [0.29, 0.717) is 5.56 Å². The summed E-state index contributed by atoms with van der Waals surface area (Å²) in [5.41, 5.74) is 3.07. The summed E-state index contributed by atoms with van der Waals surface area (Å²) < 4.78 is 6.55. The van der Waals surface area contributed by atoms with Crippen LogP contribution in [0.5, 0.6) is 0 Å². The Morgan fingerprint density at radius 3 is 3.07 bits per heavy atom. The Labute approximate surface area is 92.8 Å². The first-order valence-electron chi connectivity index (χ1n) is 3.83. The fourth-order valence-corrected chi connectivity index (χ4v) is 2.57. The molecule has 1 aromatic carbocycles. The van der Waals surface area contributed by atoms with Gasteiger partial charge in [0.2, 0.25) is 0 Å². The van der Waals surface area contributed by atoms with Gasteiger partial charge in [0.25, 0.3) is 0 Å². The Morgan fingerprint density at radius 2 is 2.36 bits per heavy atom. The number of fused-ring (bicyclic) bond motifs is 1. The van der Waals surface area contributed by atoms with Gasteiger partial charge in [-0.25, -0.2) is 9.78 Å². The zero-order valence-corrected chi connectivity index (χ0v) is 9.68. The largest absolute Gasteiger partial charge is 0.465 e. The van der Waals surface area contributed by atoms with Gasteiger partial charge < -0.3 is 4.74 Å². The summed E-state index contributed by atoms with van der Waals surface area (Å²) in [5, 5.41) is 0. The molecule has 72 valence electrons. The van der Waals surface area contributed by atoms with Crippen LogP contribution in [0.1, 0.15) is 10.4 Å². The minimum absolute atomic E-state index is 0.347. The number of aromatic nitrogens is 1. The smallest absolute Gasteiger partial charge is 0.337 e. The van der Waals surface area contributed by atoms with Crippen LogP contribution in [0.4, 0.5) is 0 Å². The van der Waals surface area contributed by atoms with Crippen LogP contribution in [0.2, 0.25) is 0 Å². The van der Waals surface area contributed by atoms with Gasteiger partial charge in [0.1, 0.15) is 0 Å². The monoisotopic (exact) mass is 271 g/mol. The lowest BCUT2D eigenvalue weighted by molar-refractivity contribution is 0.0601. The summed E-state index contributed by atoms with van der Waals surface area (Å²) in [6, 6.07) is 3.47. The van der Waals surface area contributed by atoms with E-state index in [9.17, 15) is 4.79 Å². The Balaban J connectivity index is 2.64. The van der Waals surface area contributed by atoms with Gasteiger partial charge in [0.15, 0.2) is 0 Å². The number of methoxy groups -OCH3 is 1. The highest BCUT2D eigenvalue weighted by Crippen LogP contribution is 2.28. The van der Waals surface area contributed by atoms with Crippen LogP contribution in [-0.2, 0) is 4.74 Å². The average molecular weight is 272 g/mol. The van der Waals surface area contributed by atoms with Crippen LogP contribution in [0.3, 0.4) is 0 Å². The van der Waals surface area contributed by atoms with E-state index in [1.807, 2.05) is 0 Å². The molecule has 2 rings (SSSR count). The number of thiazole rings is 1. The van der Waals surface area contributed by atoms with Crippen molar-refractivity contribution in [2.45, 2.75) is 0 Å². The maximum absolute atomic E-state index is 11.3. The van der Waals surface area contributed by atoms with Gasteiger partial charge in [-0.05, 0) is 28.1 Å². The highest BCUT2D eigenvalue weighted by Gasteiger charge is 2.10. The molecule has 0 amide bonds. The van der Waals surface area contributed by atoms with Crippen molar-refractivity contribution in [1.29, 1.82) is 0 Å². The molecule has 0 N–H and O–H groups in total. The maximum atomic E-state index is 11.3. The molecule has 0 saturated heterocycles. The highest BCUT2D eigenvalue weighted by molar-refractivity contribution is 9.10. The summed E-state index contributed by atoms with van der Waals surface area (Å²) >= 11 is 4.92. The Hall–Kier alpha value is -0.940. The van der Waals surface area contributed by atoms with Crippen molar-refractivity contribution in [2.24, 2.45) is 0 Å². The van der Waals surface area contributed by atoms with E-state index >= 15 is 0 Å². The molecule has 0 radical (unpaired) electrons. The number of hydrogen-bond donors (Lipinski definition) is 0. The van der Waals surface area contributed by atoms with E-state index in [4.69, 9.17) is 0 Å². The Bertz CT molecular complexity index is 495. The first kappa shape index (κ1) is 9.61. The van der Waals surface area contributed by atoms with Crippen LogP contribution in [0.15, 0.2) is 22.1 Å². The second-order valence-electron chi connectivity index (χ2n) is 2.65. The standard InChI is InChI=1S/C9H6BrNO2S/c1-13-9(12)5-2-6(10)8-7(3-5)11-4-14-8/h2-4H,1H3. The van der Waals surface area contributed by atoms with Gasteiger partial charge >= 0.3 is 5.97 Å². The molecule has 0 aliphatic rings. The molecule has 0 fully saturated rings. The third-order valence-corrected chi connectivity index (χ3v) is 3.57. The zero-order chi connectivity index (χ0) is 10.1. The number of rotatable bonds is 1. The minimum Gasteiger partial charge on any atom is -0.465 e. The summed E-state index contributed by atoms with van der Waals surface area (Å²) in [7, 11) is 1.36. The van der Waals surface area contributed by atoms with Crippen molar-refractivity contribution in [3.63, 3.8) is 0 Å². The third kappa shape index (κ3) is 1.53. The number of carbonyl (C=O) groups excluding carboxylic acids is 1. The van der Waals surface area contributed by atoms with Gasteiger partial charge in [-0.2, -0.15) is 0 Å². The molecular formula is C9H6BrNO2S. The van der Waals surface area contributed by atoms with Crippen LogP contribution < -0.4 is 0 Å². The van der Waals surface area contributed by atoms with E-state index in [1.165, 1.54) is 18.4 Å². The van der Waals surface area contributed by atoms with Crippen molar-refractivity contribution in [1.82, 2.24) is 4.98 Å². The van der Waals surface area contributed by atoms with E-state index in [1.54, 1.807) is 17.6 Å². The normalized spacial score (nSPS) is 10.4. The van der Waals surface area contributed by atoms with Gasteiger partial charge in [-0.3, -0.25) is 0 Å². The van der Waals surface area contributed by atoms with E-state index in [-0.39, 0.29) is 5.97 Å². The number of esters is 1. The Morgan fingerprint density at radius 1 is 1.57 bits per heavy atom. The summed E-state index contributed by atoms with van der Waals surface area (Å²) in [6.07, 6.45) is 0. The van der Waals surface area contributed by atoms with Gasteiger partial charge in [-0.1, -0.05) is 0 Å². The van der Waals surface area contributed by atoms with Crippen LogP contribution >= 0.6 is 27.3 Å². The fraction of sp³-hybridized carbons (Fsp3) is 0.111. The summed E-state index contributed by atoms with van der Waals surface area (Å²) in [5.74, 6) is -0.347. The average Bonchev–Trinajstić information content (AvgIpc) is 2.64. The molecule has 5 heteroatoms. The molecule has 1 heterocycles. The van der Waals surface area contributed by atoms with E-state index in [2.05, 4.69) is 25.7 Å². The van der Waals surface area contributed by atoms with Crippen molar-refractivity contribution in [3.05, 3.63) is 27.7 Å². The summed E-state index contributed by atoms with van der Waals surface area (Å²) in [6.45, 7) is 0. The fourth-order valence-electron chi connectivity index (χ4n) is 1.16. The first-order chi connectivity index (χ1) is 6.72. The van der Waals surface area contributed by atoms with E-state index in [0.717, 1.165) is 14.7 Å². The molecule has 3 nitrogen and oxygen atoms in total. The quantitative estimate of drug-likeness (QED) is 0.749. The van der Waals surface area contributed by atoms with Gasteiger partial charge in [0.05, 0.1) is 28.4 Å². The number of benzene rings is 1. The number of nitrogens with zero attached hydrogens (tertiary/aromatic N) is 1. The topological polar surface area (TPSA) is 39.2 Å². The van der Waals surface area contributed by atoms with Crippen LogP contribution in [0.25, 0.3) is 10.2 Å². The molecule has 0 bridgehead atoms. The lowest BCUT2D eigenvalue weighted by atomic mass is 10.2. The molecule has 0 unspecified atom stereocenters. The zero-order valence-electron chi connectivity index (χ0n) is 7.28. The summed E-state index contributed by atoms with van der Waals surface area (Å²) in [4.78, 5) is 15.4. The van der Waals surface area contributed by atoms with Gasteiger partial charge in [0, 0.05) is 4.47 Å². The van der Waals surface area contributed by atoms with Crippen molar-refractivity contribution < 1.29 is 9.53 Å². The SMILES string of the molecule is COC(=O)c1cc(Br)c2scnc2c1. The second-order valence-corrected chi connectivity index (χ2v) is 4.36.